The second-order valence-corrected chi connectivity index (χ2v) is 4.57. The van der Waals surface area contributed by atoms with Gasteiger partial charge in [-0.25, -0.2) is 4.98 Å². The number of methoxy groups -OCH3 is 1. The molecule has 0 atom stereocenters. The van der Waals surface area contributed by atoms with Gasteiger partial charge in [0.15, 0.2) is 0 Å². The summed E-state index contributed by atoms with van der Waals surface area (Å²) in [5.74, 6) is 2.53. The van der Waals surface area contributed by atoms with E-state index in [1.54, 1.807) is 7.11 Å². The number of nitrogens with one attached hydrogen (secondary N) is 1. The van der Waals surface area contributed by atoms with Gasteiger partial charge < -0.3 is 14.8 Å². The summed E-state index contributed by atoms with van der Waals surface area (Å²) in [6, 6.07) is 7.53. The van der Waals surface area contributed by atoms with Crippen LogP contribution < -0.4 is 14.8 Å². The zero-order valence-electron chi connectivity index (χ0n) is 11.0. The van der Waals surface area contributed by atoms with E-state index in [0.29, 0.717) is 13.2 Å². The standard InChI is InChI=1S/C13H17N3O2S/c1-3-12-15-13(19-16-12)14-8-9-18-11-6-4-10(17-2)5-7-11/h4-7H,3,8-9H2,1-2H3,(H,14,15,16). The van der Waals surface area contributed by atoms with E-state index in [1.807, 2.05) is 31.2 Å². The van der Waals surface area contributed by atoms with E-state index in [-0.39, 0.29) is 0 Å². The number of aryl methyl sites for hydroxylation is 1. The first-order chi connectivity index (χ1) is 9.31. The van der Waals surface area contributed by atoms with Crippen LogP contribution in [0.4, 0.5) is 5.13 Å². The second-order valence-electron chi connectivity index (χ2n) is 3.82. The first kappa shape index (κ1) is 13.6. The van der Waals surface area contributed by atoms with Crippen LogP contribution in [0.25, 0.3) is 0 Å². The number of ether oxygens (including phenoxy) is 2. The molecule has 0 aliphatic rings. The van der Waals surface area contributed by atoms with Crippen LogP contribution >= 0.6 is 11.5 Å². The molecule has 0 saturated carbocycles. The van der Waals surface area contributed by atoms with E-state index in [2.05, 4.69) is 14.7 Å². The molecule has 1 heterocycles. The van der Waals surface area contributed by atoms with Gasteiger partial charge >= 0.3 is 0 Å². The van der Waals surface area contributed by atoms with Crippen molar-refractivity contribution in [2.75, 3.05) is 25.6 Å². The fourth-order valence-electron chi connectivity index (χ4n) is 1.47. The number of hydrogen-bond donors (Lipinski definition) is 1. The quantitative estimate of drug-likeness (QED) is 0.789. The Balaban J connectivity index is 1.71. The zero-order chi connectivity index (χ0) is 13.5. The first-order valence-electron chi connectivity index (χ1n) is 6.15. The van der Waals surface area contributed by atoms with Crippen LogP contribution in [0.1, 0.15) is 12.7 Å². The average molecular weight is 279 g/mol. The summed E-state index contributed by atoms with van der Waals surface area (Å²) in [6.45, 7) is 3.32. The molecular weight excluding hydrogens is 262 g/mol. The summed E-state index contributed by atoms with van der Waals surface area (Å²) < 4.78 is 14.9. The summed E-state index contributed by atoms with van der Waals surface area (Å²) in [7, 11) is 1.65. The third-order valence-corrected chi connectivity index (χ3v) is 3.20. The minimum atomic E-state index is 0.577. The van der Waals surface area contributed by atoms with E-state index in [0.717, 1.165) is 28.9 Å². The molecule has 0 bridgehead atoms. The highest BCUT2D eigenvalue weighted by atomic mass is 32.1. The Kier molecular flexibility index (Phi) is 4.97. The third kappa shape index (κ3) is 4.10. The zero-order valence-corrected chi connectivity index (χ0v) is 11.9. The van der Waals surface area contributed by atoms with Crippen molar-refractivity contribution in [3.05, 3.63) is 30.1 Å². The highest BCUT2D eigenvalue weighted by Gasteiger charge is 2.01. The van der Waals surface area contributed by atoms with Crippen molar-refractivity contribution in [2.24, 2.45) is 0 Å². The molecule has 19 heavy (non-hydrogen) atoms. The van der Waals surface area contributed by atoms with Crippen LogP contribution in [-0.4, -0.2) is 29.6 Å². The van der Waals surface area contributed by atoms with Gasteiger partial charge in [-0.1, -0.05) is 6.92 Å². The Morgan fingerprint density at radius 1 is 1.21 bits per heavy atom. The average Bonchev–Trinajstić information content (AvgIpc) is 2.92. The molecule has 1 N–H and O–H groups in total. The van der Waals surface area contributed by atoms with Crippen LogP contribution in [0.5, 0.6) is 11.5 Å². The van der Waals surface area contributed by atoms with Crippen molar-refractivity contribution in [1.82, 2.24) is 9.36 Å². The van der Waals surface area contributed by atoms with Gasteiger partial charge in [0, 0.05) is 18.0 Å². The summed E-state index contributed by atoms with van der Waals surface area (Å²) in [6.07, 6.45) is 0.862. The predicted molar refractivity (Wildman–Crippen MR) is 76.3 cm³/mol. The van der Waals surface area contributed by atoms with Crippen LogP contribution in [-0.2, 0) is 6.42 Å². The molecule has 0 radical (unpaired) electrons. The highest BCUT2D eigenvalue weighted by Crippen LogP contribution is 2.17. The molecule has 102 valence electrons. The Labute approximate surface area is 116 Å². The van der Waals surface area contributed by atoms with Crippen molar-refractivity contribution >= 4 is 16.7 Å². The number of hydrogen-bond acceptors (Lipinski definition) is 6. The lowest BCUT2D eigenvalue weighted by atomic mass is 10.3. The molecule has 2 aromatic rings. The summed E-state index contributed by atoms with van der Waals surface area (Å²) in [4.78, 5) is 4.32. The molecule has 5 nitrogen and oxygen atoms in total. The van der Waals surface area contributed by atoms with Crippen molar-refractivity contribution in [1.29, 1.82) is 0 Å². The maximum Gasteiger partial charge on any atom is 0.202 e. The molecule has 0 saturated heterocycles. The molecule has 0 aliphatic heterocycles. The number of nitrogens with zero attached hydrogens (tertiary/aromatic N) is 2. The lowest BCUT2D eigenvalue weighted by Gasteiger charge is -2.07. The van der Waals surface area contributed by atoms with Crippen LogP contribution in [0.3, 0.4) is 0 Å². The van der Waals surface area contributed by atoms with Crippen LogP contribution in [0, 0.1) is 0 Å². The molecule has 0 fully saturated rings. The minimum Gasteiger partial charge on any atom is -0.497 e. The SMILES string of the molecule is CCc1nsc(NCCOc2ccc(OC)cc2)n1. The van der Waals surface area contributed by atoms with Crippen molar-refractivity contribution in [3.63, 3.8) is 0 Å². The largest absolute Gasteiger partial charge is 0.497 e. The monoisotopic (exact) mass is 279 g/mol. The van der Waals surface area contributed by atoms with Crippen molar-refractivity contribution < 1.29 is 9.47 Å². The lowest BCUT2D eigenvalue weighted by molar-refractivity contribution is 0.331. The number of anilines is 1. The maximum atomic E-state index is 5.60. The minimum absolute atomic E-state index is 0.577. The Bertz CT molecular complexity index is 499. The summed E-state index contributed by atoms with van der Waals surface area (Å²) >= 11 is 1.38. The topological polar surface area (TPSA) is 56.3 Å². The normalized spacial score (nSPS) is 10.2. The number of benzene rings is 1. The Morgan fingerprint density at radius 2 is 1.95 bits per heavy atom. The van der Waals surface area contributed by atoms with E-state index in [4.69, 9.17) is 9.47 Å². The summed E-state index contributed by atoms with van der Waals surface area (Å²) in [5.41, 5.74) is 0. The van der Waals surface area contributed by atoms with Gasteiger partial charge in [-0.2, -0.15) is 4.37 Å². The Hall–Kier alpha value is -1.82. The summed E-state index contributed by atoms with van der Waals surface area (Å²) in [5, 5.41) is 4.03. The molecule has 2 rings (SSSR count). The third-order valence-electron chi connectivity index (χ3n) is 2.49. The highest BCUT2D eigenvalue weighted by molar-refractivity contribution is 7.09. The fourth-order valence-corrected chi connectivity index (χ4v) is 2.14. The van der Waals surface area contributed by atoms with Gasteiger partial charge in [-0.05, 0) is 24.3 Å². The van der Waals surface area contributed by atoms with Crippen molar-refractivity contribution in [3.8, 4) is 11.5 Å². The van der Waals surface area contributed by atoms with E-state index in [1.165, 1.54) is 11.5 Å². The van der Waals surface area contributed by atoms with Gasteiger partial charge in [-0.3, -0.25) is 0 Å². The fraction of sp³-hybridized carbons (Fsp3) is 0.385. The van der Waals surface area contributed by atoms with E-state index >= 15 is 0 Å². The number of rotatable bonds is 7. The Morgan fingerprint density at radius 3 is 2.58 bits per heavy atom. The first-order valence-corrected chi connectivity index (χ1v) is 6.92. The maximum absolute atomic E-state index is 5.60. The van der Waals surface area contributed by atoms with Gasteiger partial charge in [-0.15, -0.1) is 0 Å². The molecule has 1 aromatic carbocycles. The molecule has 0 aliphatic carbocycles. The molecule has 0 spiro atoms. The van der Waals surface area contributed by atoms with E-state index < -0.39 is 0 Å². The van der Waals surface area contributed by atoms with Gasteiger partial charge in [0.25, 0.3) is 0 Å². The van der Waals surface area contributed by atoms with Crippen molar-refractivity contribution in [2.45, 2.75) is 13.3 Å². The molecule has 6 heteroatoms. The van der Waals surface area contributed by atoms with Crippen LogP contribution in [0.15, 0.2) is 24.3 Å². The smallest absolute Gasteiger partial charge is 0.202 e. The van der Waals surface area contributed by atoms with Gasteiger partial charge in [0.2, 0.25) is 5.13 Å². The van der Waals surface area contributed by atoms with Gasteiger partial charge in [0.05, 0.1) is 13.7 Å². The van der Waals surface area contributed by atoms with Gasteiger partial charge in [0.1, 0.15) is 23.9 Å². The molecule has 1 aromatic heterocycles. The predicted octanol–water partition coefficient (Wildman–Crippen LogP) is 2.60. The second kappa shape index (κ2) is 6.94. The lowest BCUT2D eigenvalue weighted by Crippen LogP contribution is -2.11. The molecule has 0 unspecified atom stereocenters. The molecule has 0 amide bonds. The molecular formula is C13H17N3O2S. The van der Waals surface area contributed by atoms with Crippen LogP contribution in [0.2, 0.25) is 0 Å². The number of aromatic nitrogens is 2. The van der Waals surface area contributed by atoms with E-state index in [9.17, 15) is 0 Å².